The number of carbonyl (C=O) groups is 1. The summed E-state index contributed by atoms with van der Waals surface area (Å²) in [6, 6.07) is 8.35. The molecule has 1 heterocycles. The lowest BCUT2D eigenvalue weighted by atomic mass is 9.90. The zero-order valence-corrected chi connectivity index (χ0v) is 9.85. The van der Waals surface area contributed by atoms with E-state index in [1.807, 2.05) is 17.8 Å². The van der Waals surface area contributed by atoms with Gasteiger partial charge in [-0.1, -0.05) is 25.1 Å². The summed E-state index contributed by atoms with van der Waals surface area (Å²) in [5.41, 5.74) is 1.25. The summed E-state index contributed by atoms with van der Waals surface area (Å²) in [6.07, 6.45) is 2.70. The third-order valence-electron chi connectivity index (χ3n) is 2.92. The van der Waals surface area contributed by atoms with Crippen molar-refractivity contribution in [3.8, 4) is 0 Å². The minimum Gasteiger partial charge on any atom is -0.299 e. The zero-order valence-electron chi connectivity index (χ0n) is 9.03. The van der Waals surface area contributed by atoms with Crippen molar-refractivity contribution in [1.82, 2.24) is 0 Å². The maximum absolute atomic E-state index is 12.0. The summed E-state index contributed by atoms with van der Waals surface area (Å²) >= 11 is 1.89. The minimum absolute atomic E-state index is 0.133. The van der Waals surface area contributed by atoms with E-state index in [1.165, 1.54) is 10.5 Å². The second kappa shape index (κ2) is 4.84. The van der Waals surface area contributed by atoms with Gasteiger partial charge in [-0.05, 0) is 30.2 Å². The van der Waals surface area contributed by atoms with Gasteiger partial charge in [-0.3, -0.25) is 4.79 Å². The van der Waals surface area contributed by atoms with Gasteiger partial charge in [-0.2, -0.15) is 0 Å². The molecular weight excluding hydrogens is 204 g/mol. The molecule has 0 N–H and O–H groups in total. The number of hydrogen-bond acceptors (Lipinski definition) is 2. The smallest absolute Gasteiger partial charge is 0.140 e. The number of thioether (sulfide) groups is 1. The molecule has 1 atom stereocenters. The maximum atomic E-state index is 12.0. The Kier molecular flexibility index (Phi) is 3.47. The molecule has 0 saturated carbocycles. The monoisotopic (exact) mass is 220 g/mol. The van der Waals surface area contributed by atoms with Crippen LogP contribution in [0, 0.1) is 0 Å². The molecule has 0 bridgehead atoms. The second-order valence-corrected chi connectivity index (χ2v) is 5.05. The Morgan fingerprint density at radius 2 is 2.20 bits per heavy atom. The summed E-state index contributed by atoms with van der Waals surface area (Å²) in [5.74, 6) is 1.62. The van der Waals surface area contributed by atoms with Gasteiger partial charge in [0.25, 0.3) is 0 Å². The van der Waals surface area contributed by atoms with Crippen LogP contribution in [0.2, 0.25) is 0 Å². The third kappa shape index (κ3) is 2.25. The van der Waals surface area contributed by atoms with Crippen LogP contribution in [-0.2, 0) is 4.79 Å². The van der Waals surface area contributed by atoms with E-state index in [-0.39, 0.29) is 5.92 Å². The van der Waals surface area contributed by atoms with Crippen LogP contribution in [0.5, 0.6) is 0 Å². The fourth-order valence-corrected chi connectivity index (χ4v) is 3.18. The van der Waals surface area contributed by atoms with Crippen LogP contribution in [-0.4, -0.2) is 11.5 Å². The van der Waals surface area contributed by atoms with E-state index in [9.17, 15) is 4.79 Å². The molecule has 2 rings (SSSR count). The summed E-state index contributed by atoms with van der Waals surface area (Å²) in [7, 11) is 0. The van der Waals surface area contributed by atoms with Gasteiger partial charge in [0.2, 0.25) is 0 Å². The number of hydrogen-bond donors (Lipinski definition) is 0. The Morgan fingerprint density at radius 3 is 3.00 bits per heavy atom. The molecule has 1 aliphatic rings. The van der Waals surface area contributed by atoms with Gasteiger partial charge < -0.3 is 0 Å². The number of carbonyl (C=O) groups excluding carboxylic acids is 1. The Labute approximate surface area is 95.3 Å². The first-order chi connectivity index (χ1) is 7.33. The molecule has 80 valence electrons. The van der Waals surface area contributed by atoms with Crippen LogP contribution < -0.4 is 0 Å². The van der Waals surface area contributed by atoms with Gasteiger partial charge in [0.05, 0.1) is 0 Å². The first-order valence-corrected chi connectivity index (χ1v) is 6.56. The highest BCUT2D eigenvalue weighted by Gasteiger charge is 2.22. The van der Waals surface area contributed by atoms with Crippen molar-refractivity contribution in [2.24, 2.45) is 0 Å². The average Bonchev–Trinajstić information content (AvgIpc) is 2.24. The van der Waals surface area contributed by atoms with Gasteiger partial charge in [-0.15, -0.1) is 11.8 Å². The zero-order chi connectivity index (χ0) is 10.7. The topological polar surface area (TPSA) is 17.1 Å². The predicted octanol–water partition coefficient (Wildman–Crippen LogP) is 3.64. The lowest BCUT2D eigenvalue weighted by Gasteiger charge is -2.20. The van der Waals surface area contributed by atoms with E-state index in [1.54, 1.807) is 0 Å². The molecule has 1 aromatic carbocycles. The predicted molar refractivity (Wildman–Crippen MR) is 64.4 cm³/mol. The van der Waals surface area contributed by atoms with Crippen molar-refractivity contribution in [2.45, 2.75) is 37.0 Å². The van der Waals surface area contributed by atoms with Crippen LogP contribution >= 0.6 is 11.8 Å². The summed E-state index contributed by atoms with van der Waals surface area (Å²) in [4.78, 5) is 13.3. The second-order valence-electron chi connectivity index (χ2n) is 3.92. The largest absolute Gasteiger partial charge is 0.299 e. The molecule has 1 aromatic rings. The molecule has 1 nitrogen and oxygen atoms in total. The molecule has 0 spiro atoms. The van der Waals surface area contributed by atoms with Gasteiger partial charge in [0, 0.05) is 17.2 Å². The van der Waals surface area contributed by atoms with E-state index in [2.05, 4.69) is 25.1 Å². The molecule has 0 saturated heterocycles. The Bertz CT molecular complexity index is 359. The average molecular weight is 220 g/mol. The first-order valence-electron chi connectivity index (χ1n) is 5.57. The van der Waals surface area contributed by atoms with Crippen LogP contribution in [0.25, 0.3) is 0 Å². The van der Waals surface area contributed by atoms with Crippen molar-refractivity contribution in [3.05, 3.63) is 29.8 Å². The fourth-order valence-electron chi connectivity index (χ4n) is 2.12. The van der Waals surface area contributed by atoms with Crippen LogP contribution in [0.15, 0.2) is 29.2 Å². The quantitative estimate of drug-likeness (QED) is 0.719. The van der Waals surface area contributed by atoms with Crippen LogP contribution in [0.1, 0.15) is 37.7 Å². The molecule has 0 radical (unpaired) electrons. The van der Waals surface area contributed by atoms with Crippen LogP contribution in [0.4, 0.5) is 0 Å². The SMILES string of the molecule is CCC1C(=O)CCCSc2ccccc21. The number of benzene rings is 1. The molecule has 1 unspecified atom stereocenters. The molecular formula is C13H16OS. The normalized spacial score (nSPS) is 21.7. The van der Waals surface area contributed by atoms with Crippen molar-refractivity contribution < 1.29 is 4.79 Å². The number of fused-ring (bicyclic) bond motifs is 1. The number of rotatable bonds is 1. The lowest BCUT2D eigenvalue weighted by molar-refractivity contribution is -0.120. The summed E-state index contributed by atoms with van der Waals surface area (Å²) in [5, 5.41) is 0. The standard InChI is InChI=1S/C13H16OS/c1-2-10-11-6-3-4-8-13(11)15-9-5-7-12(10)14/h3-4,6,8,10H,2,5,7,9H2,1H3. The van der Waals surface area contributed by atoms with Crippen LogP contribution in [0.3, 0.4) is 0 Å². The lowest BCUT2D eigenvalue weighted by Crippen LogP contribution is -2.14. The van der Waals surface area contributed by atoms with E-state index in [0.717, 1.165) is 25.0 Å². The summed E-state index contributed by atoms with van der Waals surface area (Å²) in [6.45, 7) is 2.10. The minimum atomic E-state index is 0.133. The van der Waals surface area contributed by atoms with Crippen molar-refractivity contribution >= 4 is 17.5 Å². The van der Waals surface area contributed by atoms with Crippen molar-refractivity contribution in [1.29, 1.82) is 0 Å². The first kappa shape index (κ1) is 10.7. The third-order valence-corrected chi connectivity index (χ3v) is 4.09. The van der Waals surface area contributed by atoms with E-state index in [4.69, 9.17) is 0 Å². The molecule has 15 heavy (non-hydrogen) atoms. The molecule has 0 aromatic heterocycles. The van der Waals surface area contributed by atoms with Gasteiger partial charge in [-0.25, -0.2) is 0 Å². The van der Waals surface area contributed by atoms with Gasteiger partial charge in [0.1, 0.15) is 5.78 Å². The molecule has 2 heteroatoms. The highest BCUT2D eigenvalue weighted by Crippen LogP contribution is 2.34. The van der Waals surface area contributed by atoms with E-state index in [0.29, 0.717) is 5.78 Å². The van der Waals surface area contributed by atoms with Gasteiger partial charge >= 0.3 is 0 Å². The molecule has 0 amide bonds. The highest BCUT2D eigenvalue weighted by molar-refractivity contribution is 7.99. The highest BCUT2D eigenvalue weighted by atomic mass is 32.2. The number of ketones is 1. The fraction of sp³-hybridized carbons (Fsp3) is 0.462. The Morgan fingerprint density at radius 1 is 1.40 bits per heavy atom. The number of Topliss-reactive ketones (excluding diaryl/α,β-unsaturated/α-hetero) is 1. The van der Waals surface area contributed by atoms with E-state index >= 15 is 0 Å². The summed E-state index contributed by atoms with van der Waals surface area (Å²) < 4.78 is 0. The van der Waals surface area contributed by atoms with Gasteiger partial charge in [0.15, 0.2) is 0 Å². The van der Waals surface area contributed by atoms with Crippen molar-refractivity contribution in [2.75, 3.05) is 5.75 Å². The maximum Gasteiger partial charge on any atom is 0.140 e. The molecule has 1 aliphatic heterocycles. The Hall–Kier alpha value is -0.760. The van der Waals surface area contributed by atoms with E-state index < -0.39 is 0 Å². The molecule has 0 fully saturated rings. The van der Waals surface area contributed by atoms with Crippen molar-refractivity contribution in [3.63, 3.8) is 0 Å². The molecule has 0 aliphatic carbocycles. The Balaban J connectivity index is 2.41.